The van der Waals surface area contributed by atoms with E-state index in [4.69, 9.17) is 0 Å². The first kappa shape index (κ1) is 16.8. The van der Waals surface area contributed by atoms with Gasteiger partial charge in [0.2, 0.25) is 10.0 Å². The summed E-state index contributed by atoms with van der Waals surface area (Å²) in [6, 6.07) is 4.25. The number of nitrogens with one attached hydrogen (secondary N) is 1. The van der Waals surface area contributed by atoms with Crippen LogP contribution in [0.15, 0.2) is 27.6 Å². The van der Waals surface area contributed by atoms with Crippen molar-refractivity contribution >= 4 is 34.2 Å². The summed E-state index contributed by atoms with van der Waals surface area (Å²) in [5.74, 6) is -0.756. The quantitative estimate of drug-likeness (QED) is 0.824. The molecule has 0 aliphatic carbocycles. The highest BCUT2D eigenvalue weighted by atomic mass is 79.9. The molecule has 0 aliphatic rings. The van der Waals surface area contributed by atoms with E-state index in [0.717, 1.165) is 0 Å². The molecule has 1 rings (SSSR count). The Morgan fingerprint density at radius 1 is 1.26 bits per heavy atom. The first-order valence-corrected chi connectivity index (χ1v) is 11.1. The summed E-state index contributed by atoms with van der Waals surface area (Å²) in [5, 5.41) is -0.164. The molecule has 108 valence electrons. The third kappa shape index (κ3) is 3.65. The smallest absolute Gasteiger partial charge is 0.233 e. The van der Waals surface area contributed by atoms with Crippen LogP contribution in [0.3, 0.4) is 0 Å². The normalized spacial score (nSPS) is 13.6. The van der Waals surface area contributed by atoms with Crippen LogP contribution in [0, 0.1) is 5.82 Å². The third-order valence-corrected chi connectivity index (χ3v) is 11.8. The van der Waals surface area contributed by atoms with Crippen molar-refractivity contribution in [3.8, 4) is 0 Å². The summed E-state index contributed by atoms with van der Waals surface area (Å²) in [5.41, 5.74) is 0. The average molecular weight is 368 g/mol. The predicted octanol–water partition coefficient (Wildman–Crippen LogP) is 3.87. The van der Waals surface area contributed by atoms with E-state index in [1.54, 1.807) is 0 Å². The first-order chi connectivity index (χ1) is 8.38. The van der Waals surface area contributed by atoms with Crippen LogP contribution in [0.25, 0.3) is 0 Å². The second kappa shape index (κ2) is 5.27. The molecule has 1 aromatic rings. The van der Waals surface area contributed by atoms with E-state index in [0.29, 0.717) is 0 Å². The van der Waals surface area contributed by atoms with Crippen molar-refractivity contribution in [2.24, 2.45) is 0 Å². The summed E-state index contributed by atoms with van der Waals surface area (Å²) in [6.07, 6.45) is 0. The zero-order valence-electron chi connectivity index (χ0n) is 11.7. The van der Waals surface area contributed by atoms with Gasteiger partial charge in [-0.05, 0) is 33.1 Å². The molecular weight excluding hydrogens is 349 g/mol. The fourth-order valence-electron chi connectivity index (χ4n) is 1.24. The van der Waals surface area contributed by atoms with Crippen LogP contribution >= 0.6 is 15.9 Å². The molecule has 0 aliphatic heterocycles. The Morgan fingerprint density at radius 3 is 2.26 bits per heavy atom. The number of rotatable bonds is 3. The lowest BCUT2D eigenvalue weighted by Crippen LogP contribution is -2.54. The zero-order chi connectivity index (χ0) is 15.1. The highest BCUT2D eigenvalue weighted by Crippen LogP contribution is 2.35. The lowest BCUT2D eigenvalue weighted by atomic mass is 10.2. The summed E-state index contributed by atoms with van der Waals surface area (Å²) in [7, 11) is -6.13. The van der Waals surface area contributed by atoms with Gasteiger partial charge in [0, 0.05) is 0 Å². The van der Waals surface area contributed by atoms with Crippen LogP contribution in [0.2, 0.25) is 18.1 Å². The van der Waals surface area contributed by atoms with Crippen molar-refractivity contribution in [1.29, 1.82) is 0 Å². The fraction of sp³-hybridized carbons (Fsp3) is 0.500. The van der Waals surface area contributed by atoms with Crippen molar-refractivity contribution in [2.45, 2.75) is 43.8 Å². The molecule has 1 N–H and O–H groups in total. The fourth-order valence-corrected chi connectivity index (χ4v) is 6.69. The van der Waals surface area contributed by atoms with Crippen molar-refractivity contribution < 1.29 is 12.8 Å². The van der Waals surface area contributed by atoms with E-state index < -0.39 is 24.1 Å². The van der Waals surface area contributed by atoms with Crippen LogP contribution in [0.4, 0.5) is 4.39 Å². The summed E-state index contributed by atoms with van der Waals surface area (Å²) < 4.78 is 41.4. The average Bonchev–Trinajstić information content (AvgIpc) is 2.18. The van der Waals surface area contributed by atoms with Gasteiger partial charge in [-0.25, -0.2) is 17.2 Å². The van der Waals surface area contributed by atoms with Gasteiger partial charge in [0.1, 0.15) is 13.1 Å². The molecule has 3 nitrogen and oxygen atoms in total. The number of halogens is 2. The molecule has 0 saturated heterocycles. The van der Waals surface area contributed by atoms with Gasteiger partial charge in [0.05, 0.1) is 4.47 Å². The van der Waals surface area contributed by atoms with E-state index >= 15 is 0 Å². The molecule has 0 amide bonds. The highest BCUT2D eigenvalue weighted by Gasteiger charge is 2.40. The standard InChI is InChI=1S/C12H19BrFNO2SSi/c1-12(2,3)19(4,5)15-18(16,17)10-8-6-7-9(13)11(10)14/h6-8,15H,1-5H3. The second-order valence-corrected chi connectivity index (χ2v) is 13.9. The van der Waals surface area contributed by atoms with Crippen LogP contribution in [-0.4, -0.2) is 16.7 Å². The van der Waals surface area contributed by atoms with E-state index in [1.165, 1.54) is 18.2 Å². The Morgan fingerprint density at radius 2 is 1.79 bits per heavy atom. The number of hydrogen-bond donors (Lipinski definition) is 1. The van der Waals surface area contributed by atoms with Crippen molar-refractivity contribution in [3.63, 3.8) is 0 Å². The Kier molecular flexibility index (Phi) is 4.66. The van der Waals surface area contributed by atoms with Gasteiger partial charge in [0.15, 0.2) is 5.82 Å². The van der Waals surface area contributed by atoms with Crippen molar-refractivity contribution in [2.75, 3.05) is 0 Å². The molecule has 0 spiro atoms. The molecule has 0 unspecified atom stereocenters. The largest absolute Gasteiger partial charge is 0.237 e. The van der Waals surface area contributed by atoms with Gasteiger partial charge in [0.25, 0.3) is 0 Å². The topological polar surface area (TPSA) is 46.2 Å². The third-order valence-electron chi connectivity index (χ3n) is 3.47. The Bertz CT molecular complexity index is 582. The highest BCUT2D eigenvalue weighted by molar-refractivity contribution is 9.10. The molecule has 1 aromatic carbocycles. The van der Waals surface area contributed by atoms with Crippen LogP contribution in [0.5, 0.6) is 0 Å². The lowest BCUT2D eigenvalue weighted by molar-refractivity contribution is 0.559. The zero-order valence-corrected chi connectivity index (χ0v) is 15.1. The second-order valence-electron chi connectivity index (χ2n) is 6.03. The molecule has 0 bridgehead atoms. The monoisotopic (exact) mass is 367 g/mol. The van der Waals surface area contributed by atoms with Gasteiger partial charge in [-0.3, -0.25) is 0 Å². The minimum atomic E-state index is -3.85. The van der Waals surface area contributed by atoms with E-state index in [9.17, 15) is 12.8 Å². The maximum atomic E-state index is 13.9. The van der Waals surface area contributed by atoms with Gasteiger partial charge in [-0.1, -0.05) is 39.9 Å². The number of benzene rings is 1. The Hall–Kier alpha value is -0.243. The predicted molar refractivity (Wildman–Crippen MR) is 81.6 cm³/mol. The van der Waals surface area contributed by atoms with Gasteiger partial charge in [-0.2, -0.15) is 0 Å². The number of hydrogen-bond acceptors (Lipinski definition) is 2. The van der Waals surface area contributed by atoms with E-state index in [2.05, 4.69) is 20.3 Å². The SMILES string of the molecule is CC(C)(C)[Si](C)(C)NS(=O)(=O)c1cccc(Br)c1F. The Labute approximate surface area is 123 Å². The minimum absolute atomic E-state index is 0.144. The molecule has 0 aromatic heterocycles. The van der Waals surface area contributed by atoms with Crippen LogP contribution in [-0.2, 0) is 10.0 Å². The maximum absolute atomic E-state index is 13.9. The summed E-state index contributed by atoms with van der Waals surface area (Å²) >= 11 is 3.00. The molecular formula is C12H19BrFNO2SSi. The first-order valence-electron chi connectivity index (χ1n) is 5.86. The molecule has 0 fully saturated rings. The lowest BCUT2D eigenvalue weighted by Gasteiger charge is -2.36. The molecule has 7 heteroatoms. The van der Waals surface area contributed by atoms with E-state index in [1.807, 2.05) is 33.9 Å². The maximum Gasteiger partial charge on any atom is 0.237 e. The van der Waals surface area contributed by atoms with Crippen LogP contribution < -0.4 is 4.39 Å². The van der Waals surface area contributed by atoms with Crippen LogP contribution in [0.1, 0.15) is 20.8 Å². The molecule has 0 radical (unpaired) electrons. The summed E-state index contributed by atoms with van der Waals surface area (Å²) in [6.45, 7) is 9.79. The van der Waals surface area contributed by atoms with Gasteiger partial charge < -0.3 is 0 Å². The molecule has 19 heavy (non-hydrogen) atoms. The molecule has 0 atom stereocenters. The van der Waals surface area contributed by atoms with E-state index in [-0.39, 0.29) is 14.4 Å². The number of sulfonamides is 1. The van der Waals surface area contributed by atoms with Gasteiger partial charge in [-0.15, -0.1) is 0 Å². The van der Waals surface area contributed by atoms with Crippen molar-refractivity contribution in [3.05, 3.63) is 28.5 Å². The van der Waals surface area contributed by atoms with Gasteiger partial charge >= 0.3 is 0 Å². The summed E-state index contributed by atoms with van der Waals surface area (Å²) in [4.78, 5) is -0.313. The molecule has 0 heterocycles. The minimum Gasteiger partial charge on any atom is -0.233 e. The molecule has 0 saturated carbocycles. The Balaban J connectivity index is 3.24. The van der Waals surface area contributed by atoms with Crippen molar-refractivity contribution in [1.82, 2.24) is 4.39 Å².